The van der Waals surface area contributed by atoms with Gasteiger partial charge in [-0.05, 0) is 56.5 Å². The van der Waals surface area contributed by atoms with E-state index < -0.39 is 10.0 Å². The van der Waals surface area contributed by atoms with E-state index >= 15 is 0 Å². The number of nitrogens with zero attached hydrogens (tertiary/aromatic N) is 2. The SMILES string of the molecule is Cc1noc(C)c1S(=O)(=O)N(Cc1ccc(C(=O)NC2CC2)cc1)Cc1ccco1. The van der Waals surface area contributed by atoms with Gasteiger partial charge < -0.3 is 14.3 Å². The highest BCUT2D eigenvalue weighted by molar-refractivity contribution is 7.89. The number of amides is 1. The third-order valence-electron chi connectivity index (χ3n) is 4.97. The van der Waals surface area contributed by atoms with Crippen molar-refractivity contribution in [2.75, 3.05) is 0 Å². The van der Waals surface area contributed by atoms with Crippen molar-refractivity contribution in [3.8, 4) is 0 Å². The molecule has 2 aromatic heterocycles. The molecule has 30 heavy (non-hydrogen) atoms. The van der Waals surface area contributed by atoms with Gasteiger partial charge in [-0.1, -0.05) is 17.3 Å². The van der Waals surface area contributed by atoms with Crippen molar-refractivity contribution in [2.24, 2.45) is 0 Å². The molecule has 1 aliphatic rings. The smallest absolute Gasteiger partial charge is 0.251 e. The number of hydrogen-bond acceptors (Lipinski definition) is 6. The Balaban J connectivity index is 1.59. The highest BCUT2D eigenvalue weighted by atomic mass is 32.2. The molecule has 0 spiro atoms. The fraction of sp³-hybridized carbons (Fsp3) is 0.333. The minimum absolute atomic E-state index is 0.0588. The fourth-order valence-electron chi connectivity index (χ4n) is 3.24. The number of furan rings is 1. The van der Waals surface area contributed by atoms with Gasteiger partial charge in [-0.3, -0.25) is 4.79 Å². The van der Waals surface area contributed by atoms with Gasteiger partial charge in [0.15, 0.2) is 5.76 Å². The summed E-state index contributed by atoms with van der Waals surface area (Å²) >= 11 is 0. The van der Waals surface area contributed by atoms with Crippen LogP contribution in [0.15, 0.2) is 56.5 Å². The van der Waals surface area contributed by atoms with Gasteiger partial charge in [0.2, 0.25) is 10.0 Å². The van der Waals surface area contributed by atoms with Crippen LogP contribution in [0.2, 0.25) is 0 Å². The van der Waals surface area contributed by atoms with Gasteiger partial charge in [0.25, 0.3) is 5.91 Å². The standard InChI is InChI=1S/C21H23N3O5S/c1-14-20(15(2)29-23-14)30(26,27)24(13-19-4-3-11-28-19)12-16-5-7-17(8-6-16)21(25)22-18-9-10-18/h3-8,11,18H,9-10,12-13H2,1-2H3,(H,22,25). The molecule has 1 aliphatic carbocycles. The van der Waals surface area contributed by atoms with E-state index in [0.717, 1.165) is 18.4 Å². The zero-order chi connectivity index (χ0) is 21.3. The van der Waals surface area contributed by atoms with Crippen LogP contribution in [0.3, 0.4) is 0 Å². The maximum absolute atomic E-state index is 13.4. The number of carbonyl (C=O) groups excluding carboxylic acids is 1. The molecular formula is C21H23N3O5S. The predicted molar refractivity (Wildman–Crippen MR) is 108 cm³/mol. The average molecular weight is 429 g/mol. The van der Waals surface area contributed by atoms with Crippen molar-refractivity contribution in [3.05, 3.63) is 71.0 Å². The van der Waals surface area contributed by atoms with Crippen molar-refractivity contribution in [2.45, 2.75) is 50.7 Å². The van der Waals surface area contributed by atoms with Crippen LogP contribution in [0.25, 0.3) is 0 Å². The summed E-state index contributed by atoms with van der Waals surface area (Å²) in [6, 6.07) is 10.7. The monoisotopic (exact) mass is 429 g/mol. The minimum Gasteiger partial charge on any atom is -0.468 e. The van der Waals surface area contributed by atoms with E-state index in [1.165, 1.54) is 10.6 Å². The molecule has 1 amide bonds. The molecule has 0 atom stereocenters. The molecule has 0 aliphatic heterocycles. The molecule has 0 unspecified atom stereocenters. The molecule has 1 saturated carbocycles. The minimum atomic E-state index is -3.89. The summed E-state index contributed by atoms with van der Waals surface area (Å²) in [7, 11) is -3.89. The van der Waals surface area contributed by atoms with Crippen LogP contribution >= 0.6 is 0 Å². The summed E-state index contributed by atoms with van der Waals surface area (Å²) in [5.41, 5.74) is 1.61. The highest BCUT2D eigenvalue weighted by Crippen LogP contribution is 2.26. The van der Waals surface area contributed by atoms with E-state index in [1.807, 2.05) is 0 Å². The largest absolute Gasteiger partial charge is 0.468 e. The summed E-state index contributed by atoms with van der Waals surface area (Å²) in [6.07, 6.45) is 3.54. The van der Waals surface area contributed by atoms with Gasteiger partial charge in [-0.15, -0.1) is 0 Å². The van der Waals surface area contributed by atoms with E-state index in [2.05, 4.69) is 10.5 Å². The lowest BCUT2D eigenvalue weighted by Crippen LogP contribution is -2.31. The first kappa shape index (κ1) is 20.4. The van der Waals surface area contributed by atoms with Crippen molar-refractivity contribution < 1.29 is 22.2 Å². The molecule has 9 heteroatoms. The first-order chi connectivity index (χ1) is 14.3. The zero-order valence-electron chi connectivity index (χ0n) is 16.8. The number of carbonyl (C=O) groups is 1. The van der Waals surface area contributed by atoms with Gasteiger partial charge in [0, 0.05) is 18.2 Å². The lowest BCUT2D eigenvalue weighted by Gasteiger charge is -2.21. The molecule has 1 aromatic carbocycles. The zero-order valence-corrected chi connectivity index (χ0v) is 17.6. The quantitative estimate of drug-likeness (QED) is 0.590. The van der Waals surface area contributed by atoms with Crippen LogP contribution in [0.4, 0.5) is 0 Å². The number of aromatic nitrogens is 1. The number of rotatable bonds is 8. The summed E-state index contributed by atoms with van der Waals surface area (Å²) < 4.78 is 38.5. The maximum Gasteiger partial charge on any atom is 0.251 e. The molecule has 1 N–H and O–H groups in total. The second kappa shape index (κ2) is 8.08. The average Bonchev–Trinajstić information content (AvgIpc) is 3.23. The van der Waals surface area contributed by atoms with Crippen molar-refractivity contribution >= 4 is 15.9 Å². The van der Waals surface area contributed by atoms with Gasteiger partial charge in [0.05, 0.1) is 12.8 Å². The third-order valence-corrected chi connectivity index (χ3v) is 7.00. The molecule has 158 valence electrons. The Bertz CT molecular complexity index is 1110. The van der Waals surface area contributed by atoms with E-state index in [0.29, 0.717) is 17.0 Å². The normalized spacial score (nSPS) is 14.2. The Hall–Kier alpha value is -2.91. The van der Waals surface area contributed by atoms with Gasteiger partial charge in [0.1, 0.15) is 16.3 Å². The Morgan fingerprint density at radius 3 is 2.47 bits per heavy atom. The molecule has 4 rings (SSSR count). The van der Waals surface area contributed by atoms with Crippen LogP contribution in [0.1, 0.15) is 46.0 Å². The number of benzene rings is 1. The van der Waals surface area contributed by atoms with Crippen LogP contribution in [-0.2, 0) is 23.1 Å². The Kier molecular flexibility index (Phi) is 5.48. The highest BCUT2D eigenvalue weighted by Gasteiger charge is 2.32. The number of sulfonamides is 1. The first-order valence-corrected chi connectivity index (χ1v) is 11.1. The topological polar surface area (TPSA) is 106 Å². The summed E-state index contributed by atoms with van der Waals surface area (Å²) in [6.45, 7) is 3.34. The summed E-state index contributed by atoms with van der Waals surface area (Å²) in [4.78, 5) is 12.2. The van der Waals surface area contributed by atoms with Crippen molar-refractivity contribution in [1.29, 1.82) is 0 Å². The van der Waals surface area contributed by atoms with E-state index in [1.54, 1.807) is 50.2 Å². The van der Waals surface area contributed by atoms with E-state index in [-0.39, 0.29) is 35.7 Å². The summed E-state index contributed by atoms with van der Waals surface area (Å²) in [5, 5.41) is 6.72. The van der Waals surface area contributed by atoms with E-state index in [4.69, 9.17) is 8.94 Å². The van der Waals surface area contributed by atoms with Gasteiger partial charge in [-0.25, -0.2) is 8.42 Å². The lowest BCUT2D eigenvalue weighted by molar-refractivity contribution is 0.0951. The lowest BCUT2D eigenvalue weighted by atomic mass is 10.1. The number of hydrogen-bond donors (Lipinski definition) is 1. The Morgan fingerprint density at radius 2 is 1.90 bits per heavy atom. The van der Waals surface area contributed by atoms with Crippen molar-refractivity contribution in [1.82, 2.24) is 14.8 Å². The first-order valence-electron chi connectivity index (χ1n) is 9.70. The molecule has 1 fully saturated rings. The molecule has 0 saturated heterocycles. The molecule has 0 radical (unpaired) electrons. The van der Waals surface area contributed by atoms with Crippen LogP contribution in [-0.4, -0.2) is 29.8 Å². The molecule has 8 nitrogen and oxygen atoms in total. The number of aryl methyl sites for hydroxylation is 2. The Morgan fingerprint density at radius 1 is 1.17 bits per heavy atom. The summed E-state index contributed by atoms with van der Waals surface area (Å²) in [5.74, 6) is 0.648. The molecular weight excluding hydrogens is 406 g/mol. The second-order valence-corrected chi connectivity index (χ2v) is 9.33. The van der Waals surface area contributed by atoms with E-state index in [9.17, 15) is 13.2 Å². The van der Waals surface area contributed by atoms with Crippen LogP contribution in [0.5, 0.6) is 0 Å². The van der Waals surface area contributed by atoms with Crippen molar-refractivity contribution in [3.63, 3.8) is 0 Å². The fourth-order valence-corrected chi connectivity index (χ4v) is 4.92. The molecule has 0 bridgehead atoms. The van der Waals surface area contributed by atoms with Gasteiger partial charge in [-0.2, -0.15) is 4.31 Å². The third kappa shape index (κ3) is 4.31. The maximum atomic E-state index is 13.4. The van der Waals surface area contributed by atoms with Crippen LogP contribution in [0, 0.1) is 13.8 Å². The second-order valence-electron chi connectivity index (χ2n) is 7.45. The number of nitrogens with one attached hydrogen (secondary N) is 1. The molecule has 3 aromatic rings. The molecule has 2 heterocycles. The predicted octanol–water partition coefficient (Wildman–Crippen LogP) is 3.17. The Labute approximate surface area is 174 Å². The van der Waals surface area contributed by atoms with Crippen LogP contribution < -0.4 is 5.32 Å². The van der Waals surface area contributed by atoms with Gasteiger partial charge >= 0.3 is 0 Å².